The van der Waals surface area contributed by atoms with Crippen LogP contribution in [0.2, 0.25) is 0 Å². The lowest BCUT2D eigenvalue weighted by Gasteiger charge is -2.35. The molecule has 170 valence electrons. The van der Waals surface area contributed by atoms with Gasteiger partial charge in [-0.25, -0.2) is 13.8 Å². The Hall–Kier alpha value is -3.48. The van der Waals surface area contributed by atoms with Crippen molar-refractivity contribution in [2.45, 2.75) is 44.7 Å². The van der Waals surface area contributed by atoms with Crippen LogP contribution in [0.3, 0.4) is 0 Å². The first-order valence-electron chi connectivity index (χ1n) is 11.1. The number of imidazole rings is 1. The standard InChI is InChI=1S/C26H25F2N3O2/c1-16-14-30(15-29-16)24-9-3-17(12-25(24)33-2)11-19-4-6-20-7-10-23(31(20)26(19)32)18-5-8-21(27)22(28)13-18/h3,5,8-9,11-15,20,23H,4,6-7,10H2,1-2H3/b19-11+/t20?,23-/m0/s1. The molecule has 2 aromatic carbocycles. The summed E-state index contributed by atoms with van der Waals surface area (Å²) in [6, 6.07) is 9.65. The van der Waals surface area contributed by atoms with Crippen molar-refractivity contribution >= 4 is 12.0 Å². The molecule has 0 N–H and O–H groups in total. The van der Waals surface area contributed by atoms with E-state index in [-0.39, 0.29) is 18.0 Å². The van der Waals surface area contributed by atoms with E-state index in [0.717, 1.165) is 42.3 Å². The van der Waals surface area contributed by atoms with Crippen molar-refractivity contribution in [1.29, 1.82) is 0 Å². The molecule has 5 rings (SSSR count). The van der Waals surface area contributed by atoms with Gasteiger partial charge in [-0.15, -0.1) is 0 Å². The summed E-state index contributed by atoms with van der Waals surface area (Å²) < 4.78 is 34.8. The maximum atomic E-state index is 13.8. The Morgan fingerprint density at radius 2 is 1.94 bits per heavy atom. The highest BCUT2D eigenvalue weighted by molar-refractivity contribution is 5.99. The maximum absolute atomic E-state index is 13.8. The van der Waals surface area contributed by atoms with Gasteiger partial charge < -0.3 is 14.2 Å². The van der Waals surface area contributed by atoms with Gasteiger partial charge in [0.2, 0.25) is 0 Å². The summed E-state index contributed by atoms with van der Waals surface area (Å²) in [6.07, 6.45) is 8.74. The molecule has 2 fully saturated rings. The lowest BCUT2D eigenvalue weighted by atomic mass is 9.95. The molecule has 2 atom stereocenters. The van der Waals surface area contributed by atoms with E-state index in [0.29, 0.717) is 23.3 Å². The zero-order chi connectivity index (χ0) is 23.1. The van der Waals surface area contributed by atoms with Gasteiger partial charge in [-0.05, 0) is 74.1 Å². The average molecular weight is 450 g/mol. The fourth-order valence-electron chi connectivity index (χ4n) is 5.00. The van der Waals surface area contributed by atoms with Crippen LogP contribution in [0.25, 0.3) is 11.8 Å². The molecule has 0 saturated carbocycles. The van der Waals surface area contributed by atoms with E-state index in [2.05, 4.69) is 4.98 Å². The molecule has 3 aromatic rings. The third kappa shape index (κ3) is 3.92. The predicted molar refractivity (Wildman–Crippen MR) is 121 cm³/mol. The number of methoxy groups -OCH3 is 1. The van der Waals surface area contributed by atoms with Crippen molar-refractivity contribution in [1.82, 2.24) is 14.5 Å². The van der Waals surface area contributed by atoms with Crippen LogP contribution in [0.15, 0.2) is 54.5 Å². The van der Waals surface area contributed by atoms with Gasteiger partial charge in [0.05, 0.1) is 30.9 Å². The van der Waals surface area contributed by atoms with E-state index >= 15 is 0 Å². The average Bonchev–Trinajstić information content (AvgIpc) is 3.44. The number of carbonyl (C=O) groups excluding carboxylic acids is 1. The van der Waals surface area contributed by atoms with E-state index in [1.54, 1.807) is 19.5 Å². The Labute approximate surface area is 191 Å². The third-order valence-corrected chi connectivity index (χ3v) is 6.62. The second-order valence-corrected chi connectivity index (χ2v) is 8.69. The predicted octanol–water partition coefficient (Wildman–Crippen LogP) is 5.38. The second-order valence-electron chi connectivity index (χ2n) is 8.69. The zero-order valence-electron chi connectivity index (χ0n) is 18.6. The van der Waals surface area contributed by atoms with Gasteiger partial charge in [-0.3, -0.25) is 4.79 Å². The highest BCUT2D eigenvalue weighted by Gasteiger charge is 2.41. The summed E-state index contributed by atoms with van der Waals surface area (Å²) in [5.74, 6) is -1.10. The summed E-state index contributed by atoms with van der Waals surface area (Å²) >= 11 is 0. The van der Waals surface area contributed by atoms with Gasteiger partial charge in [-0.2, -0.15) is 0 Å². The summed E-state index contributed by atoms with van der Waals surface area (Å²) in [5.41, 5.74) is 4.01. The van der Waals surface area contributed by atoms with Crippen LogP contribution in [-0.2, 0) is 4.79 Å². The Balaban J connectivity index is 1.43. The van der Waals surface area contributed by atoms with E-state index in [4.69, 9.17) is 4.74 Å². The minimum Gasteiger partial charge on any atom is -0.495 e. The second kappa shape index (κ2) is 8.46. The normalized spacial score (nSPS) is 21.5. The molecule has 2 aliphatic rings. The monoisotopic (exact) mass is 449 g/mol. The van der Waals surface area contributed by atoms with Gasteiger partial charge >= 0.3 is 0 Å². The van der Waals surface area contributed by atoms with Crippen LogP contribution in [-0.4, -0.2) is 33.5 Å². The third-order valence-electron chi connectivity index (χ3n) is 6.62. The maximum Gasteiger partial charge on any atom is 0.250 e. The number of hydrogen-bond acceptors (Lipinski definition) is 3. The highest BCUT2D eigenvalue weighted by Crippen LogP contribution is 2.43. The Kier molecular flexibility index (Phi) is 5.48. The number of halogens is 2. The number of amides is 1. The van der Waals surface area contributed by atoms with E-state index < -0.39 is 11.6 Å². The number of piperidine rings is 1. The van der Waals surface area contributed by atoms with Gasteiger partial charge in [0.25, 0.3) is 5.91 Å². The summed E-state index contributed by atoms with van der Waals surface area (Å²) in [4.78, 5) is 19.6. The zero-order valence-corrected chi connectivity index (χ0v) is 18.6. The smallest absolute Gasteiger partial charge is 0.250 e. The fraction of sp³-hybridized carbons (Fsp3) is 0.308. The van der Waals surface area contributed by atoms with Gasteiger partial charge in [-0.1, -0.05) is 12.1 Å². The first kappa shape index (κ1) is 21.4. The molecule has 0 spiro atoms. The van der Waals surface area contributed by atoms with Gasteiger partial charge in [0.15, 0.2) is 11.6 Å². The first-order valence-corrected chi connectivity index (χ1v) is 11.1. The lowest BCUT2D eigenvalue weighted by molar-refractivity contribution is -0.131. The fourth-order valence-corrected chi connectivity index (χ4v) is 5.00. The number of fused-ring (bicyclic) bond motifs is 1. The molecule has 1 aromatic heterocycles. The van der Waals surface area contributed by atoms with E-state index in [1.165, 1.54) is 6.07 Å². The summed E-state index contributed by atoms with van der Waals surface area (Å²) in [6.45, 7) is 1.93. The quantitative estimate of drug-likeness (QED) is 0.503. The molecule has 0 radical (unpaired) electrons. The number of aryl methyl sites for hydroxylation is 1. The molecule has 1 amide bonds. The summed E-state index contributed by atoms with van der Waals surface area (Å²) in [7, 11) is 1.62. The van der Waals surface area contributed by atoms with Crippen LogP contribution in [0.4, 0.5) is 8.78 Å². The molecule has 7 heteroatoms. The largest absolute Gasteiger partial charge is 0.495 e. The summed E-state index contributed by atoms with van der Waals surface area (Å²) in [5, 5.41) is 0. The number of nitrogens with zero attached hydrogens (tertiary/aromatic N) is 3. The molecule has 5 nitrogen and oxygen atoms in total. The lowest BCUT2D eigenvalue weighted by Crippen LogP contribution is -2.41. The van der Waals surface area contributed by atoms with Crippen LogP contribution >= 0.6 is 0 Å². The van der Waals surface area contributed by atoms with Crippen molar-refractivity contribution in [3.63, 3.8) is 0 Å². The number of ether oxygens (including phenoxy) is 1. The number of rotatable bonds is 4. The Morgan fingerprint density at radius 3 is 2.67 bits per heavy atom. The number of benzene rings is 2. The Bertz CT molecular complexity index is 1250. The minimum absolute atomic E-state index is 0.0354. The molecular weight excluding hydrogens is 424 g/mol. The number of carbonyl (C=O) groups is 1. The molecule has 3 heterocycles. The number of hydrogen-bond donors (Lipinski definition) is 0. The highest BCUT2D eigenvalue weighted by atomic mass is 19.2. The molecule has 2 saturated heterocycles. The van der Waals surface area contributed by atoms with Crippen LogP contribution in [0.1, 0.15) is 48.5 Å². The molecule has 0 aliphatic carbocycles. The van der Waals surface area contributed by atoms with Gasteiger partial charge in [0, 0.05) is 17.8 Å². The van der Waals surface area contributed by atoms with E-state index in [1.807, 2.05) is 46.9 Å². The molecule has 1 unspecified atom stereocenters. The molecule has 2 aliphatic heterocycles. The van der Waals surface area contributed by atoms with Crippen molar-refractivity contribution in [3.05, 3.63) is 83.0 Å². The van der Waals surface area contributed by atoms with Crippen molar-refractivity contribution in [3.8, 4) is 11.4 Å². The Morgan fingerprint density at radius 1 is 1.09 bits per heavy atom. The first-order chi connectivity index (χ1) is 15.9. The van der Waals surface area contributed by atoms with E-state index in [9.17, 15) is 13.6 Å². The topological polar surface area (TPSA) is 47.4 Å². The van der Waals surface area contributed by atoms with Gasteiger partial charge in [0.1, 0.15) is 5.75 Å². The minimum atomic E-state index is -0.878. The van der Waals surface area contributed by atoms with Crippen molar-refractivity contribution in [2.24, 2.45) is 0 Å². The van der Waals surface area contributed by atoms with Crippen LogP contribution in [0.5, 0.6) is 5.75 Å². The van der Waals surface area contributed by atoms with Crippen molar-refractivity contribution < 1.29 is 18.3 Å². The SMILES string of the molecule is COc1cc(/C=C2\CCC3CC[C@@H](c4ccc(F)c(F)c4)N3C2=O)ccc1-n1cnc(C)c1. The molecule has 33 heavy (non-hydrogen) atoms. The molecule has 0 bridgehead atoms. The molecular formula is C26H25F2N3O2. The number of aromatic nitrogens is 2. The van der Waals surface area contributed by atoms with Crippen molar-refractivity contribution in [2.75, 3.05) is 7.11 Å². The van der Waals surface area contributed by atoms with Crippen LogP contribution in [0, 0.1) is 18.6 Å². The van der Waals surface area contributed by atoms with Crippen LogP contribution < -0.4 is 4.74 Å².